The third-order valence-corrected chi connectivity index (χ3v) is 4.64. The van der Waals surface area contributed by atoms with Crippen LogP contribution in [0.15, 0.2) is 30.3 Å². The number of hydrogen-bond acceptors (Lipinski definition) is 3. The SMILES string of the molecule is CNCC(c1ccccc1)N1CCN2CCCC2C1. The number of nitrogens with zero attached hydrogens (tertiary/aromatic N) is 2. The predicted molar refractivity (Wildman–Crippen MR) is 79.3 cm³/mol. The van der Waals surface area contributed by atoms with Crippen LogP contribution in [0.1, 0.15) is 24.4 Å². The maximum Gasteiger partial charge on any atom is 0.0473 e. The topological polar surface area (TPSA) is 18.5 Å². The highest BCUT2D eigenvalue weighted by Crippen LogP contribution is 2.27. The molecule has 1 N–H and O–H groups in total. The maximum absolute atomic E-state index is 3.37. The molecule has 3 rings (SSSR count). The maximum atomic E-state index is 3.37. The summed E-state index contributed by atoms with van der Waals surface area (Å²) >= 11 is 0. The quantitative estimate of drug-likeness (QED) is 0.888. The smallest absolute Gasteiger partial charge is 0.0473 e. The zero-order valence-electron chi connectivity index (χ0n) is 11.9. The molecular formula is C16H25N3. The lowest BCUT2D eigenvalue weighted by molar-refractivity contribution is 0.0714. The van der Waals surface area contributed by atoms with Crippen LogP contribution in [0.2, 0.25) is 0 Å². The molecule has 0 radical (unpaired) electrons. The predicted octanol–water partition coefficient (Wildman–Crippen LogP) is 1.73. The highest BCUT2D eigenvalue weighted by molar-refractivity contribution is 5.20. The van der Waals surface area contributed by atoms with E-state index in [1.165, 1.54) is 44.6 Å². The number of hydrogen-bond donors (Lipinski definition) is 1. The van der Waals surface area contributed by atoms with Crippen LogP contribution in [-0.2, 0) is 0 Å². The van der Waals surface area contributed by atoms with Gasteiger partial charge in [-0.15, -0.1) is 0 Å². The van der Waals surface area contributed by atoms with Gasteiger partial charge in [0.25, 0.3) is 0 Å². The highest BCUT2D eigenvalue weighted by atomic mass is 15.3. The Labute approximate surface area is 116 Å². The zero-order valence-corrected chi connectivity index (χ0v) is 11.9. The Balaban J connectivity index is 1.73. The Morgan fingerprint density at radius 3 is 2.84 bits per heavy atom. The van der Waals surface area contributed by atoms with E-state index in [1.807, 2.05) is 0 Å². The van der Waals surface area contributed by atoms with Crippen molar-refractivity contribution in [3.8, 4) is 0 Å². The van der Waals surface area contributed by atoms with Gasteiger partial charge in [0, 0.05) is 38.3 Å². The van der Waals surface area contributed by atoms with E-state index in [-0.39, 0.29) is 0 Å². The van der Waals surface area contributed by atoms with Gasteiger partial charge in [-0.3, -0.25) is 9.80 Å². The molecule has 1 aromatic rings. The fraction of sp³-hybridized carbons (Fsp3) is 0.625. The van der Waals surface area contributed by atoms with Gasteiger partial charge < -0.3 is 5.32 Å². The average Bonchev–Trinajstić information content (AvgIpc) is 2.93. The largest absolute Gasteiger partial charge is 0.318 e. The fourth-order valence-corrected chi connectivity index (χ4v) is 3.62. The van der Waals surface area contributed by atoms with Crippen molar-refractivity contribution in [2.75, 3.05) is 39.8 Å². The summed E-state index contributed by atoms with van der Waals surface area (Å²) in [5.74, 6) is 0. The highest BCUT2D eigenvalue weighted by Gasteiger charge is 2.33. The van der Waals surface area contributed by atoms with E-state index >= 15 is 0 Å². The van der Waals surface area contributed by atoms with Gasteiger partial charge in [0.05, 0.1) is 0 Å². The Kier molecular flexibility index (Phi) is 4.16. The van der Waals surface area contributed by atoms with Gasteiger partial charge in [-0.1, -0.05) is 30.3 Å². The number of fused-ring (bicyclic) bond motifs is 1. The molecule has 0 saturated carbocycles. The molecule has 19 heavy (non-hydrogen) atoms. The van der Waals surface area contributed by atoms with E-state index in [0.717, 1.165) is 12.6 Å². The van der Waals surface area contributed by atoms with E-state index in [9.17, 15) is 0 Å². The third-order valence-electron chi connectivity index (χ3n) is 4.64. The van der Waals surface area contributed by atoms with Gasteiger partial charge in [-0.05, 0) is 32.0 Å². The van der Waals surface area contributed by atoms with Crippen molar-refractivity contribution < 1.29 is 0 Å². The van der Waals surface area contributed by atoms with Crippen LogP contribution in [0.25, 0.3) is 0 Å². The van der Waals surface area contributed by atoms with Gasteiger partial charge in [0.1, 0.15) is 0 Å². The number of piperazine rings is 1. The van der Waals surface area contributed by atoms with E-state index in [0.29, 0.717) is 6.04 Å². The first-order valence-corrected chi connectivity index (χ1v) is 7.56. The van der Waals surface area contributed by atoms with Crippen molar-refractivity contribution in [1.29, 1.82) is 0 Å². The minimum atomic E-state index is 0.522. The molecule has 2 unspecified atom stereocenters. The second kappa shape index (κ2) is 6.04. The molecule has 2 atom stereocenters. The Morgan fingerprint density at radius 2 is 2.05 bits per heavy atom. The first-order valence-electron chi connectivity index (χ1n) is 7.56. The summed E-state index contributed by atoms with van der Waals surface area (Å²) in [5.41, 5.74) is 1.45. The van der Waals surface area contributed by atoms with Crippen LogP contribution in [-0.4, -0.2) is 55.6 Å². The summed E-state index contributed by atoms with van der Waals surface area (Å²) < 4.78 is 0. The summed E-state index contributed by atoms with van der Waals surface area (Å²) in [5, 5.41) is 3.37. The van der Waals surface area contributed by atoms with Crippen molar-refractivity contribution in [1.82, 2.24) is 15.1 Å². The van der Waals surface area contributed by atoms with Crippen LogP contribution in [0, 0.1) is 0 Å². The molecule has 0 aromatic heterocycles. The van der Waals surface area contributed by atoms with Gasteiger partial charge >= 0.3 is 0 Å². The number of nitrogens with one attached hydrogen (secondary N) is 1. The molecule has 1 aromatic carbocycles. The molecule has 0 amide bonds. The molecule has 2 fully saturated rings. The van der Waals surface area contributed by atoms with Crippen molar-refractivity contribution >= 4 is 0 Å². The second-order valence-electron chi connectivity index (χ2n) is 5.81. The van der Waals surface area contributed by atoms with Crippen LogP contribution in [0.5, 0.6) is 0 Å². The molecule has 2 saturated heterocycles. The Morgan fingerprint density at radius 1 is 1.21 bits per heavy atom. The normalized spacial score (nSPS) is 26.3. The second-order valence-corrected chi connectivity index (χ2v) is 5.81. The van der Waals surface area contributed by atoms with E-state index in [1.54, 1.807) is 0 Å². The van der Waals surface area contributed by atoms with E-state index in [2.05, 4.69) is 52.5 Å². The molecule has 0 bridgehead atoms. The van der Waals surface area contributed by atoms with Crippen LogP contribution >= 0.6 is 0 Å². The molecular weight excluding hydrogens is 234 g/mol. The summed E-state index contributed by atoms with van der Waals surface area (Å²) in [4.78, 5) is 5.36. The molecule has 0 aliphatic carbocycles. The van der Waals surface area contributed by atoms with Gasteiger partial charge in [-0.25, -0.2) is 0 Å². The number of likely N-dealkylation sites (N-methyl/N-ethyl adjacent to an activating group) is 1. The molecule has 3 nitrogen and oxygen atoms in total. The van der Waals surface area contributed by atoms with Crippen molar-refractivity contribution in [3.05, 3.63) is 35.9 Å². The van der Waals surface area contributed by atoms with E-state index in [4.69, 9.17) is 0 Å². The first kappa shape index (κ1) is 13.1. The Bertz CT molecular complexity index is 392. The van der Waals surface area contributed by atoms with Crippen LogP contribution in [0.3, 0.4) is 0 Å². The molecule has 2 aliphatic heterocycles. The van der Waals surface area contributed by atoms with Gasteiger partial charge in [0.2, 0.25) is 0 Å². The van der Waals surface area contributed by atoms with Crippen molar-refractivity contribution in [2.45, 2.75) is 24.9 Å². The van der Waals surface area contributed by atoms with Crippen LogP contribution in [0.4, 0.5) is 0 Å². The van der Waals surface area contributed by atoms with Gasteiger partial charge in [-0.2, -0.15) is 0 Å². The lowest BCUT2D eigenvalue weighted by Gasteiger charge is -2.41. The first-order chi connectivity index (χ1) is 9.38. The summed E-state index contributed by atoms with van der Waals surface area (Å²) in [6.45, 7) is 6.05. The Hall–Kier alpha value is -0.900. The molecule has 3 heteroatoms. The third kappa shape index (κ3) is 2.83. The summed E-state index contributed by atoms with van der Waals surface area (Å²) in [6, 6.07) is 12.3. The van der Waals surface area contributed by atoms with Crippen LogP contribution < -0.4 is 5.32 Å². The standard InChI is InChI=1S/C16H25N3/c1-17-12-16(14-6-3-2-4-7-14)19-11-10-18-9-5-8-15(18)13-19/h2-4,6-7,15-17H,5,8-13H2,1H3. The molecule has 104 valence electrons. The zero-order chi connectivity index (χ0) is 13.1. The van der Waals surface area contributed by atoms with Crippen molar-refractivity contribution in [2.24, 2.45) is 0 Å². The minimum Gasteiger partial charge on any atom is -0.318 e. The lowest BCUT2D eigenvalue weighted by atomic mass is 10.0. The van der Waals surface area contributed by atoms with Gasteiger partial charge in [0.15, 0.2) is 0 Å². The number of rotatable bonds is 4. The summed E-state index contributed by atoms with van der Waals surface area (Å²) in [6.07, 6.45) is 2.78. The average molecular weight is 259 g/mol. The fourth-order valence-electron chi connectivity index (χ4n) is 3.62. The number of benzene rings is 1. The lowest BCUT2D eigenvalue weighted by Crippen LogP contribution is -2.52. The minimum absolute atomic E-state index is 0.522. The molecule has 0 spiro atoms. The molecule has 2 aliphatic rings. The monoisotopic (exact) mass is 259 g/mol. The summed E-state index contributed by atoms with van der Waals surface area (Å²) in [7, 11) is 2.06. The molecule has 2 heterocycles. The van der Waals surface area contributed by atoms with E-state index < -0.39 is 0 Å². The van der Waals surface area contributed by atoms with Crippen molar-refractivity contribution in [3.63, 3.8) is 0 Å².